The number of H-pyrrole nitrogens is 1. The third kappa shape index (κ3) is 2.27. The SMILES string of the molecule is Cc1ccc(-c2csc3[nH]c(=S)n(-c4ccccc4)c(=O)c23)o1. The van der Waals surface area contributed by atoms with E-state index in [0.717, 1.165) is 21.8 Å². The lowest BCUT2D eigenvalue weighted by atomic mass is 10.2. The van der Waals surface area contributed by atoms with Gasteiger partial charge in [-0.2, -0.15) is 0 Å². The number of rotatable bonds is 2. The Hall–Kier alpha value is -2.44. The summed E-state index contributed by atoms with van der Waals surface area (Å²) in [5.74, 6) is 1.50. The molecule has 0 aliphatic heterocycles. The van der Waals surface area contributed by atoms with E-state index in [0.29, 0.717) is 15.9 Å². The van der Waals surface area contributed by atoms with Gasteiger partial charge in [0.25, 0.3) is 5.56 Å². The zero-order valence-corrected chi connectivity index (χ0v) is 13.8. The van der Waals surface area contributed by atoms with E-state index in [9.17, 15) is 4.79 Å². The minimum Gasteiger partial charge on any atom is -0.461 e. The molecule has 0 spiro atoms. The Morgan fingerprint density at radius 3 is 2.65 bits per heavy atom. The number of aromatic nitrogens is 2. The second-order valence-corrected chi connectivity index (χ2v) is 6.44. The van der Waals surface area contributed by atoms with Crippen LogP contribution >= 0.6 is 23.6 Å². The molecule has 4 nitrogen and oxygen atoms in total. The van der Waals surface area contributed by atoms with Crippen LogP contribution in [0.3, 0.4) is 0 Å². The van der Waals surface area contributed by atoms with Crippen molar-refractivity contribution in [3.63, 3.8) is 0 Å². The van der Waals surface area contributed by atoms with Crippen molar-refractivity contribution in [1.29, 1.82) is 0 Å². The van der Waals surface area contributed by atoms with Crippen molar-refractivity contribution in [2.45, 2.75) is 6.92 Å². The van der Waals surface area contributed by atoms with Gasteiger partial charge < -0.3 is 9.40 Å². The summed E-state index contributed by atoms with van der Waals surface area (Å²) in [6, 6.07) is 13.2. The molecule has 4 aromatic rings. The Bertz CT molecular complexity index is 1120. The van der Waals surface area contributed by atoms with Gasteiger partial charge in [-0.25, -0.2) is 0 Å². The van der Waals surface area contributed by atoms with Gasteiger partial charge in [0.05, 0.1) is 11.1 Å². The smallest absolute Gasteiger partial charge is 0.268 e. The minimum absolute atomic E-state index is 0.139. The molecule has 0 saturated heterocycles. The zero-order chi connectivity index (χ0) is 16.0. The molecule has 3 aromatic heterocycles. The Morgan fingerprint density at radius 2 is 1.96 bits per heavy atom. The van der Waals surface area contributed by atoms with Gasteiger partial charge >= 0.3 is 0 Å². The van der Waals surface area contributed by atoms with Gasteiger partial charge in [0.1, 0.15) is 16.4 Å². The summed E-state index contributed by atoms with van der Waals surface area (Å²) >= 11 is 6.82. The van der Waals surface area contributed by atoms with Gasteiger partial charge in [-0.05, 0) is 43.4 Å². The number of nitrogens with zero attached hydrogens (tertiary/aromatic N) is 1. The fourth-order valence-electron chi connectivity index (χ4n) is 2.59. The largest absolute Gasteiger partial charge is 0.461 e. The van der Waals surface area contributed by atoms with E-state index in [1.54, 1.807) is 0 Å². The topological polar surface area (TPSA) is 50.9 Å². The molecule has 114 valence electrons. The second kappa shape index (κ2) is 5.33. The van der Waals surface area contributed by atoms with Crippen molar-refractivity contribution < 1.29 is 4.42 Å². The van der Waals surface area contributed by atoms with E-state index in [-0.39, 0.29) is 5.56 Å². The van der Waals surface area contributed by atoms with E-state index < -0.39 is 0 Å². The second-order valence-electron chi connectivity index (χ2n) is 5.17. The number of thiophene rings is 1. The molecule has 0 aliphatic carbocycles. The summed E-state index contributed by atoms with van der Waals surface area (Å²) in [5.41, 5.74) is 1.40. The maximum absolute atomic E-state index is 13.1. The Morgan fingerprint density at radius 1 is 1.17 bits per heavy atom. The molecular weight excluding hydrogens is 328 g/mol. The molecule has 6 heteroatoms. The van der Waals surface area contributed by atoms with E-state index in [1.807, 2.05) is 54.8 Å². The zero-order valence-electron chi connectivity index (χ0n) is 12.2. The van der Waals surface area contributed by atoms with E-state index >= 15 is 0 Å². The van der Waals surface area contributed by atoms with Gasteiger partial charge in [0, 0.05) is 10.9 Å². The summed E-state index contributed by atoms with van der Waals surface area (Å²) in [5, 5.41) is 2.52. The van der Waals surface area contributed by atoms with Crippen LogP contribution in [0.1, 0.15) is 5.76 Å². The standard InChI is InChI=1S/C17H12N2O2S2/c1-10-7-8-13(21-10)12-9-23-15-14(12)16(20)19(17(22)18-15)11-5-3-2-4-6-11/h2-9H,1H3,(H,18,22). The highest BCUT2D eigenvalue weighted by atomic mass is 32.1. The maximum Gasteiger partial charge on any atom is 0.268 e. The lowest BCUT2D eigenvalue weighted by Gasteiger charge is -2.06. The first-order chi connectivity index (χ1) is 11.1. The van der Waals surface area contributed by atoms with Crippen molar-refractivity contribution in [2.24, 2.45) is 0 Å². The number of aryl methyl sites for hydroxylation is 1. The normalized spacial score (nSPS) is 11.2. The molecule has 0 bridgehead atoms. The number of fused-ring (bicyclic) bond motifs is 1. The summed E-state index contributed by atoms with van der Waals surface area (Å²) < 4.78 is 7.59. The Labute approximate surface area is 140 Å². The third-order valence-electron chi connectivity index (χ3n) is 3.65. The molecule has 0 aliphatic rings. The fourth-order valence-corrected chi connectivity index (χ4v) is 3.89. The van der Waals surface area contributed by atoms with Gasteiger partial charge in [0.15, 0.2) is 4.77 Å². The first kappa shape index (κ1) is 14.2. The number of hydrogen-bond donors (Lipinski definition) is 1. The maximum atomic E-state index is 13.1. The molecule has 0 fully saturated rings. The van der Waals surface area contributed by atoms with Crippen molar-refractivity contribution in [3.05, 3.63) is 68.7 Å². The van der Waals surface area contributed by atoms with Crippen LogP contribution in [0.25, 0.3) is 27.2 Å². The summed E-state index contributed by atoms with van der Waals surface area (Å²) in [6.45, 7) is 1.88. The Balaban J connectivity index is 2.07. The molecular formula is C17H12N2O2S2. The fraction of sp³-hybridized carbons (Fsp3) is 0.0588. The highest BCUT2D eigenvalue weighted by molar-refractivity contribution is 7.71. The third-order valence-corrected chi connectivity index (χ3v) is 4.83. The van der Waals surface area contributed by atoms with E-state index in [1.165, 1.54) is 15.9 Å². The molecule has 1 aromatic carbocycles. The molecule has 3 heterocycles. The first-order valence-corrected chi connectivity index (χ1v) is 8.33. The van der Waals surface area contributed by atoms with Crippen LogP contribution in [0.5, 0.6) is 0 Å². The number of aromatic amines is 1. The monoisotopic (exact) mass is 340 g/mol. The van der Waals surface area contributed by atoms with Crippen molar-refractivity contribution in [1.82, 2.24) is 9.55 Å². The van der Waals surface area contributed by atoms with Crippen LogP contribution in [-0.4, -0.2) is 9.55 Å². The molecule has 23 heavy (non-hydrogen) atoms. The van der Waals surface area contributed by atoms with Crippen molar-refractivity contribution >= 4 is 33.8 Å². The van der Waals surface area contributed by atoms with Crippen LogP contribution < -0.4 is 5.56 Å². The Kier molecular flexibility index (Phi) is 3.28. The quantitative estimate of drug-likeness (QED) is 0.539. The lowest BCUT2D eigenvalue weighted by Crippen LogP contribution is -2.20. The average molecular weight is 340 g/mol. The van der Waals surface area contributed by atoms with Gasteiger partial charge in [-0.15, -0.1) is 11.3 Å². The highest BCUT2D eigenvalue weighted by Gasteiger charge is 2.16. The average Bonchev–Trinajstić information content (AvgIpc) is 3.14. The van der Waals surface area contributed by atoms with Crippen molar-refractivity contribution in [2.75, 3.05) is 0 Å². The van der Waals surface area contributed by atoms with Crippen molar-refractivity contribution in [3.8, 4) is 17.0 Å². The summed E-state index contributed by atoms with van der Waals surface area (Å²) in [4.78, 5) is 17.0. The molecule has 0 radical (unpaired) electrons. The van der Waals surface area contributed by atoms with Gasteiger partial charge in [-0.1, -0.05) is 18.2 Å². The first-order valence-electron chi connectivity index (χ1n) is 7.04. The van der Waals surface area contributed by atoms with Crippen LogP contribution in [0.15, 0.2) is 57.1 Å². The summed E-state index contributed by atoms with van der Waals surface area (Å²) in [6.07, 6.45) is 0. The van der Waals surface area contributed by atoms with Crippen LogP contribution in [0.2, 0.25) is 0 Å². The number of hydrogen-bond acceptors (Lipinski definition) is 4. The van der Waals surface area contributed by atoms with Gasteiger partial charge in [0.2, 0.25) is 0 Å². The molecule has 1 N–H and O–H groups in total. The van der Waals surface area contributed by atoms with E-state index in [4.69, 9.17) is 16.6 Å². The predicted molar refractivity (Wildman–Crippen MR) is 95.0 cm³/mol. The predicted octanol–water partition coefficient (Wildman–Crippen LogP) is 4.68. The molecule has 0 atom stereocenters. The molecule has 4 rings (SSSR count). The lowest BCUT2D eigenvalue weighted by molar-refractivity contribution is 0.549. The number of para-hydroxylation sites is 1. The van der Waals surface area contributed by atoms with Gasteiger partial charge in [-0.3, -0.25) is 9.36 Å². The summed E-state index contributed by atoms with van der Waals surface area (Å²) in [7, 11) is 0. The van der Waals surface area contributed by atoms with E-state index in [2.05, 4.69) is 4.98 Å². The molecule has 0 amide bonds. The highest BCUT2D eigenvalue weighted by Crippen LogP contribution is 2.32. The van der Waals surface area contributed by atoms with Crippen LogP contribution in [-0.2, 0) is 0 Å². The molecule has 0 unspecified atom stereocenters. The number of furan rings is 1. The van der Waals surface area contributed by atoms with Crippen LogP contribution in [0, 0.1) is 11.7 Å². The van der Waals surface area contributed by atoms with Crippen LogP contribution in [0.4, 0.5) is 0 Å². The number of nitrogens with one attached hydrogen (secondary N) is 1. The number of benzene rings is 1. The molecule has 0 saturated carbocycles. The minimum atomic E-state index is -0.139.